The predicted octanol–water partition coefficient (Wildman–Crippen LogP) is 4.03. The highest BCUT2D eigenvalue weighted by atomic mass is 32.1. The number of amides is 1. The van der Waals surface area contributed by atoms with Crippen LogP contribution in [-0.2, 0) is 4.79 Å². The molecule has 6 heteroatoms. The lowest BCUT2D eigenvalue weighted by molar-refractivity contribution is -0.118. The minimum absolute atomic E-state index is 0.0499. The number of benzene rings is 2. The van der Waals surface area contributed by atoms with Gasteiger partial charge in [-0.2, -0.15) is 0 Å². The fourth-order valence-electron chi connectivity index (χ4n) is 2.18. The average molecular weight is 352 g/mol. The van der Waals surface area contributed by atoms with Crippen molar-refractivity contribution in [1.82, 2.24) is 4.98 Å². The molecule has 1 aromatic heterocycles. The molecule has 2 aromatic carbocycles. The van der Waals surface area contributed by atoms with Crippen LogP contribution in [0.15, 0.2) is 60.0 Å². The predicted molar refractivity (Wildman–Crippen MR) is 98.1 cm³/mol. The Morgan fingerprint density at radius 3 is 2.68 bits per heavy atom. The number of thiazole rings is 1. The molecule has 3 rings (SSSR count). The number of aromatic nitrogens is 1. The van der Waals surface area contributed by atoms with Gasteiger partial charge in [0, 0.05) is 16.5 Å². The van der Waals surface area contributed by atoms with Crippen molar-refractivity contribution < 1.29 is 14.3 Å². The van der Waals surface area contributed by atoms with Gasteiger partial charge in [0.1, 0.15) is 5.75 Å². The highest BCUT2D eigenvalue weighted by molar-refractivity contribution is 7.14. The summed E-state index contributed by atoms with van der Waals surface area (Å²) < 4.78 is 5.43. The number of hydrogen-bond donors (Lipinski definition) is 1. The quantitative estimate of drug-likeness (QED) is 0.680. The minimum Gasteiger partial charge on any atom is -0.484 e. The van der Waals surface area contributed by atoms with E-state index < -0.39 is 0 Å². The molecule has 3 aromatic rings. The molecule has 25 heavy (non-hydrogen) atoms. The van der Waals surface area contributed by atoms with Gasteiger partial charge in [-0.1, -0.05) is 42.5 Å². The molecule has 0 fully saturated rings. The highest BCUT2D eigenvalue weighted by Gasteiger charge is 2.09. The van der Waals surface area contributed by atoms with Gasteiger partial charge in [-0.15, -0.1) is 11.3 Å². The van der Waals surface area contributed by atoms with Crippen molar-refractivity contribution in [3.63, 3.8) is 0 Å². The molecule has 0 saturated heterocycles. The summed E-state index contributed by atoms with van der Waals surface area (Å²) in [7, 11) is 0. The third-order valence-corrected chi connectivity index (χ3v) is 4.19. The van der Waals surface area contributed by atoms with Crippen LogP contribution in [0.5, 0.6) is 5.75 Å². The lowest BCUT2D eigenvalue weighted by atomic mass is 10.1. The molecule has 0 atom stereocenters. The number of ether oxygens (including phenoxy) is 1. The van der Waals surface area contributed by atoms with E-state index in [9.17, 15) is 9.59 Å². The topological polar surface area (TPSA) is 68.3 Å². The Bertz CT molecular complexity index is 890. The number of nitrogens with one attached hydrogen (secondary N) is 1. The Balaban J connectivity index is 1.57. The van der Waals surface area contributed by atoms with E-state index in [1.807, 2.05) is 35.7 Å². The molecule has 0 aliphatic rings. The van der Waals surface area contributed by atoms with Crippen LogP contribution in [0.3, 0.4) is 0 Å². The molecule has 5 nitrogen and oxygen atoms in total. The summed E-state index contributed by atoms with van der Waals surface area (Å²) in [4.78, 5) is 27.8. The van der Waals surface area contributed by atoms with E-state index in [0.29, 0.717) is 16.4 Å². The van der Waals surface area contributed by atoms with Crippen LogP contribution in [0.1, 0.15) is 17.3 Å². The number of anilines is 1. The molecule has 0 aliphatic heterocycles. The van der Waals surface area contributed by atoms with E-state index >= 15 is 0 Å². The van der Waals surface area contributed by atoms with E-state index in [4.69, 9.17) is 4.74 Å². The van der Waals surface area contributed by atoms with Gasteiger partial charge in [0.2, 0.25) is 0 Å². The van der Waals surface area contributed by atoms with Crippen molar-refractivity contribution in [1.29, 1.82) is 0 Å². The average Bonchev–Trinajstić information content (AvgIpc) is 3.09. The standard InChI is InChI=1S/C19H16N2O3S/c1-13(22)15-8-5-9-16(10-15)24-11-18(23)21-19-20-17(12-25-19)14-6-3-2-4-7-14/h2-10,12H,11H2,1H3,(H,20,21,23). The number of Topliss-reactive ketones (excluding diaryl/α,β-unsaturated/α-hetero) is 1. The Morgan fingerprint density at radius 2 is 1.92 bits per heavy atom. The lowest BCUT2D eigenvalue weighted by Gasteiger charge is -2.06. The maximum Gasteiger partial charge on any atom is 0.264 e. The first-order valence-electron chi connectivity index (χ1n) is 7.66. The molecule has 0 unspecified atom stereocenters. The normalized spacial score (nSPS) is 10.3. The number of nitrogens with zero attached hydrogens (tertiary/aromatic N) is 1. The van der Waals surface area contributed by atoms with Gasteiger partial charge in [0.25, 0.3) is 5.91 Å². The molecule has 0 radical (unpaired) electrons. The fraction of sp³-hybridized carbons (Fsp3) is 0.105. The molecular weight excluding hydrogens is 336 g/mol. The molecule has 0 aliphatic carbocycles. The molecule has 0 spiro atoms. The van der Waals surface area contributed by atoms with Crippen LogP contribution in [0.25, 0.3) is 11.3 Å². The second-order valence-electron chi connectivity index (χ2n) is 5.32. The van der Waals surface area contributed by atoms with Crippen LogP contribution in [-0.4, -0.2) is 23.3 Å². The SMILES string of the molecule is CC(=O)c1cccc(OCC(=O)Nc2nc(-c3ccccc3)cs2)c1. The summed E-state index contributed by atoms with van der Waals surface area (Å²) in [5.74, 6) is 0.125. The second kappa shape index (κ2) is 7.72. The van der Waals surface area contributed by atoms with Gasteiger partial charge < -0.3 is 4.74 Å². The summed E-state index contributed by atoms with van der Waals surface area (Å²) in [5.41, 5.74) is 2.36. The van der Waals surface area contributed by atoms with E-state index in [1.165, 1.54) is 18.3 Å². The first-order valence-corrected chi connectivity index (χ1v) is 8.54. The van der Waals surface area contributed by atoms with Crippen molar-refractivity contribution in [2.24, 2.45) is 0 Å². The first kappa shape index (κ1) is 16.9. The monoisotopic (exact) mass is 352 g/mol. The Labute approximate surface area is 149 Å². The summed E-state index contributed by atoms with van der Waals surface area (Å²) in [6, 6.07) is 16.5. The summed E-state index contributed by atoms with van der Waals surface area (Å²) in [6.45, 7) is 1.33. The maximum absolute atomic E-state index is 12.0. The van der Waals surface area contributed by atoms with Crippen LogP contribution in [0.2, 0.25) is 0 Å². The van der Waals surface area contributed by atoms with Crippen LogP contribution in [0, 0.1) is 0 Å². The van der Waals surface area contributed by atoms with Gasteiger partial charge >= 0.3 is 0 Å². The second-order valence-corrected chi connectivity index (χ2v) is 6.18. The molecule has 0 bridgehead atoms. The Hall–Kier alpha value is -2.99. The minimum atomic E-state index is -0.304. The van der Waals surface area contributed by atoms with Crippen molar-refractivity contribution >= 4 is 28.2 Å². The van der Waals surface area contributed by atoms with Crippen LogP contribution < -0.4 is 10.1 Å². The van der Waals surface area contributed by atoms with Gasteiger partial charge in [-0.25, -0.2) is 4.98 Å². The van der Waals surface area contributed by atoms with Crippen LogP contribution in [0.4, 0.5) is 5.13 Å². The molecule has 1 amide bonds. The zero-order chi connectivity index (χ0) is 17.6. The first-order chi connectivity index (χ1) is 12.1. The molecular formula is C19H16N2O3S. The fourth-order valence-corrected chi connectivity index (χ4v) is 2.92. The number of hydrogen-bond acceptors (Lipinski definition) is 5. The van der Waals surface area contributed by atoms with Crippen molar-refractivity contribution in [3.05, 3.63) is 65.5 Å². The highest BCUT2D eigenvalue weighted by Crippen LogP contribution is 2.24. The van der Waals surface area contributed by atoms with Crippen LogP contribution >= 0.6 is 11.3 Å². The van der Waals surface area contributed by atoms with E-state index in [-0.39, 0.29) is 18.3 Å². The van der Waals surface area contributed by atoms with Crippen molar-refractivity contribution in [2.45, 2.75) is 6.92 Å². The van der Waals surface area contributed by atoms with Gasteiger partial charge in [-0.3, -0.25) is 14.9 Å². The number of carbonyl (C=O) groups is 2. The van der Waals surface area contributed by atoms with Gasteiger partial charge in [0.15, 0.2) is 17.5 Å². The zero-order valence-corrected chi connectivity index (χ0v) is 14.4. The van der Waals surface area contributed by atoms with E-state index in [1.54, 1.807) is 24.3 Å². The molecule has 1 heterocycles. The van der Waals surface area contributed by atoms with Crippen molar-refractivity contribution in [2.75, 3.05) is 11.9 Å². The summed E-state index contributed by atoms with van der Waals surface area (Å²) >= 11 is 1.36. The smallest absolute Gasteiger partial charge is 0.264 e. The third kappa shape index (κ3) is 4.51. The molecule has 1 N–H and O–H groups in total. The molecule has 0 saturated carbocycles. The van der Waals surface area contributed by atoms with E-state index in [0.717, 1.165) is 11.3 Å². The number of carbonyl (C=O) groups excluding carboxylic acids is 2. The Morgan fingerprint density at radius 1 is 1.12 bits per heavy atom. The molecule has 126 valence electrons. The zero-order valence-electron chi connectivity index (χ0n) is 13.6. The summed E-state index contributed by atoms with van der Waals surface area (Å²) in [6.07, 6.45) is 0. The summed E-state index contributed by atoms with van der Waals surface area (Å²) in [5, 5.41) is 5.13. The number of rotatable bonds is 6. The lowest BCUT2D eigenvalue weighted by Crippen LogP contribution is -2.20. The van der Waals surface area contributed by atoms with Crippen molar-refractivity contribution in [3.8, 4) is 17.0 Å². The van der Waals surface area contributed by atoms with Gasteiger partial charge in [0.05, 0.1) is 5.69 Å². The third-order valence-electron chi connectivity index (χ3n) is 3.43. The Kier molecular flexibility index (Phi) is 5.20. The largest absolute Gasteiger partial charge is 0.484 e. The number of ketones is 1. The van der Waals surface area contributed by atoms with E-state index in [2.05, 4.69) is 10.3 Å². The maximum atomic E-state index is 12.0. The van der Waals surface area contributed by atoms with Gasteiger partial charge in [-0.05, 0) is 19.1 Å².